The first-order chi connectivity index (χ1) is 9.33. The summed E-state index contributed by atoms with van der Waals surface area (Å²) < 4.78 is 0. The molecule has 1 fully saturated rings. The smallest absolute Gasteiger partial charge is 0.147 e. The molecule has 0 saturated carbocycles. The molecule has 0 aromatic carbocycles. The summed E-state index contributed by atoms with van der Waals surface area (Å²) in [4.78, 5) is 19.6. The van der Waals surface area contributed by atoms with Crippen LogP contribution in [-0.2, 0) is 0 Å². The highest BCUT2D eigenvalue weighted by atomic mass is 15.2. The van der Waals surface area contributed by atoms with Crippen LogP contribution in [0.2, 0.25) is 0 Å². The Morgan fingerprint density at radius 1 is 1.16 bits per heavy atom. The lowest BCUT2D eigenvalue weighted by Crippen LogP contribution is -2.35. The quantitative estimate of drug-likeness (QED) is 0.821. The Hall–Kier alpha value is -2.04. The van der Waals surface area contributed by atoms with Crippen molar-refractivity contribution in [2.75, 3.05) is 18.0 Å². The normalized spacial score (nSPS) is 19.4. The van der Waals surface area contributed by atoms with Crippen LogP contribution in [0.15, 0.2) is 31.0 Å². The van der Waals surface area contributed by atoms with E-state index in [9.17, 15) is 0 Å². The highest BCUT2D eigenvalue weighted by molar-refractivity contribution is 5.36. The Labute approximate surface area is 112 Å². The fourth-order valence-corrected chi connectivity index (χ4v) is 2.56. The van der Waals surface area contributed by atoms with Gasteiger partial charge in [0.2, 0.25) is 0 Å². The maximum absolute atomic E-state index is 4.60. The number of rotatable bonds is 2. The molecule has 0 amide bonds. The molecule has 1 unspecified atom stereocenters. The van der Waals surface area contributed by atoms with Crippen molar-refractivity contribution in [1.82, 2.24) is 19.9 Å². The van der Waals surface area contributed by atoms with Gasteiger partial charge in [0.15, 0.2) is 0 Å². The number of anilines is 1. The largest absolute Gasteiger partial charge is 0.355 e. The van der Waals surface area contributed by atoms with Gasteiger partial charge in [0.05, 0.1) is 17.6 Å². The van der Waals surface area contributed by atoms with Crippen molar-refractivity contribution in [2.45, 2.75) is 25.7 Å². The minimum atomic E-state index is 0.433. The van der Waals surface area contributed by atoms with Crippen LogP contribution in [0.25, 0.3) is 0 Å². The summed E-state index contributed by atoms with van der Waals surface area (Å²) in [7, 11) is 0. The van der Waals surface area contributed by atoms with E-state index in [2.05, 4.69) is 24.8 Å². The maximum atomic E-state index is 4.60. The van der Waals surface area contributed by atoms with E-state index in [4.69, 9.17) is 0 Å². The summed E-state index contributed by atoms with van der Waals surface area (Å²) in [5.74, 6) is 1.39. The number of hydrogen-bond acceptors (Lipinski definition) is 5. The molecule has 1 atom stereocenters. The standard InChI is InChI=1S/C14H17N5/c1-11-7-16-8-13(18-11)12-3-2-6-19(10-12)14-9-15-4-5-17-14/h4-5,7-9,12H,2-3,6,10H2,1H3. The van der Waals surface area contributed by atoms with Gasteiger partial charge in [-0.2, -0.15) is 0 Å². The van der Waals surface area contributed by atoms with Gasteiger partial charge in [0.25, 0.3) is 0 Å². The average molecular weight is 255 g/mol. The second-order valence-electron chi connectivity index (χ2n) is 4.93. The van der Waals surface area contributed by atoms with E-state index in [1.807, 2.05) is 19.3 Å². The molecule has 98 valence electrons. The maximum Gasteiger partial charge on any atom is 0.147 e. The van der Waals surface area contributed by atoms with Crippen LogP contribution in [0.3, 0.4) is 0 Å². The molecular weight excluding hydrogens is 238 g/mol. The van der Waals surface area contributed by atoms with Gasteiger partial charge >= 0.3 is 0 Å². The van der Waals surface area contributed by atoms with Crippen LogP contribution in [0.4, 0.5) is 5.82 Å². The molecule has 2 aromatic rings. The van der Waals surface area contributed by atoms with E-state index in [1.54, 1.807) is 18.6 Å². The van der Waals surface area contributed by atoms with Gasteiger partial charge in [0, 0.05) is 43.8 Å². The van der Waals surface area contributed by atoms with Crippen LogP contribution in [-0.4, -0.2) is 33.0 Å². The summed E-state index contributed by atoms with van der Waals surface area (Å²) in [6, 6.07) is 0. The first-order valence-electron chi connectivity index (χ1n) is 6.62. The highest BCUT2D eigenvalue weighted by Gasteiger charge is 2.23. The van der Waals surface area contributed by atoms with Crippen molar-refractivity contribution < 1.29 is 0 Å². The van der Waals surface area contributed by atoms with Crippen molar-refractivity contribution >= 4 is 5.82 Å². The topological polar surface area (TPSA) is 54.8 Å². The molecule has 0 N–H and O–H groups in total. The third-order valence-electron chi connectivity index (χ3n) is 3.49. The van der Waals surface area contributed by atoms with Gasteiger partial charge in [-0.25, -0.2) is 4.98 Å². The fourth-order valence-electron chi connectivity index (χ4n) is 2.56. The van der Waals surface area contributed by atoms with Crippen molar-refractivity contribution in [3.05, 3.63) is 42.4 Å². The zero-order valence-corrected chi connectivity index (χ0v) is 11.0. The van der Waals surface area contributed by atoms with E-state index < -0.39 is 0 Å². The fraction of sp³-hybridized carbons (Fsp3) is 0.429. The minimum Gasteiger partial charge on any atom is -0.355 e. The third kappa shape index (κ3) is 2.70. The number of hydrogen-bond donors (Lipinski definition) is 0. The molecule has 19 heavy (non-hydrogen) atoms. The van der Waals surface area contributed by atoms with E-state index >= 15 is 0 Å². The average Bonchev–Trinajstić information content (AvgIpc) is 2.48. The summed E-state index contributed by atoms with van der Waals surface area (Å²) in [6.45, 7) is 3.96. The zero-order chi connectivity index (χ0) is 13.1. The summed E-state index contributed by atoms with van der Waals surface area (Å²) in [5, 5.41) is 0. The van der Waals surface area contributed by atoms with E-state index in [-0.39, 0.29) is 0 Å². The lowest BCUT2D eigenvalue weighted by Gasteiger charge is -2.32. The molecule has 1 saturated heterocycles. The van der Waals surface area contributed by atoms with Crippen LogP contribution in [0.1, 0.15) is 30.1 Å². The predicted octanol–water partition coefficient (Wildman–Crippen LogP) is 1.96. The van der Waals surface area contributed by atoms with Crippen molar-refractivity contribution in [2.24, 2.45) is 0 Å². The van der Waals surface area contributed by atoms with Crippen LogP contribution in [0.5, 0.6) is 0 Å². The highest BCUT2D eigenvalue weighted by Crippen LogP contribution is 2.27. The predicted molar refractivity (Wildman–Crippen MR) is 73.0 cm³/mol. The van der Waals surface area contributed by atoms with Crippen LogP contribution >= 0.6 is 0 Å². The number of nitrogens with zero attached hydrogens (tertiary/aromatic N) is 5. The molecule has 2 aromatic heterocycles. The van der Waals surface area contributed by atoms with E-state index in [1.165, 1.54) is 0 Å². The second kappa shape index (κ2) is 5.30. The van der Waals surface area contributed by atoms with Gasteiger partial charge in [-0.1, -0.05) is 0 Å². The summed E-state index contributed by atoms with van der Waals surface area (Å²) >= 11 is 0. The van der Waals surface area contributed by atoms with E-state index in [0.29, 0.717) is 5.92 Å². The van der Waals surface area contributed by atoms with Gasteiger partial charge in [-0.3, -0.25) is 15.0 Å². The Balaban J connectivity index is 1.78. The first-order valence-corrected chi connectivity index (χ1v) is 6.62. The van der Waals surface area contributed by atoms with E-state index in [0.717, 1.165) is 43.1 Å². The van der Waals surface area contributed by atoms with Gasteiger partial charge in [-0.15, -0.1) is 0 Å². The molecular formula is C14H17N5. The minimum absolute atomic E-state index is 0.433. The Morgan fingerprint density at radius 3 is 2.89 bits per heavy atom. The SMILES string of the molecule is Cc1cncc(C2CCCN(c3cnccn3)C2)n1. The summed E-state index contributed by atoms with van der Waals surface area (Å²) in [6.07, 6.45) is 11.3. The Kier molecular flexibility index (Phi) is 3.35. The van der Waals surface area contributed by atoms with Crippen LogP contribution in [0, 0.1) is 6.92 Å². The van der Waals surface area contributed by atoms with Gasteiger partial charge < -0.3 is 4.90 Å². The number of aryl methyl sites for hydroxylation is 1. The first kappa shape index (κ1) is 12.0. The monoisotopic (exact) mass is 255 g/mol. The Bertz CT molecular complexity index is 543. The van der Waals surface area contributed by atoms with Crippen molar-refractivity contribution in [1.29, 1.82) is 0 Å². The van der Waals surface area contributed by atoms with Gasteiger partial charge in [0.1, 0.15) is 5.82 Å². The third-order valence-corrected chi connectivity index (χ3v) is 3.49. The Morgan fingerprint density at radius 2 is 2.11 bits per heavy atom. The summed E-state index contributed by atoms with van der Waals surface area (Å²) in [5.41, 5.74) is 2.07. The molecule has 3 rings (SSSR count). The molecule has 5 nitrogen and oxygen atoms in total. The van der Waals surface area contributed by atoms with Crippen molar-refractivity contribution in [3.8, 4) is 0 Å². The molecule has 5 heteroatoms. The molecule has 1 aliphatic heterocycles. The zero-order valence-electron chi connectivity index (χ0n) is 11.0. The lowest BCUT2D eigenvalue weighted by atomic mass is 9.95. The number of aromatic nitrogens is 4. The van der Waals surface area contributed by atoms with Crippen molar-refractivity contribution in [3.63, 3.8) is 0 Å². The van der Waals surface area contributed by atoms with Gasteiger partial charge in [-0.05, 0) is 19.8 Å². The molecule has 0 radical (unpaired) electrons. The molecule has 1 aliphatic rings. The van der Waals surface area contributed by atoms with Crippen LogP contribution < -0.4 is 4.90 Å². The second-order valence-corrected chi connectivity index (χ2v) is 4.93. The number of piperidine rings is 1. The molecule has 3 heterocycles. The molecule has 0 aliphatic carbocycles. The lowest BCUT2D eigenvalue weighted by molar-refractivity contribution is 0.496. The molecule has 0 spiro atoms. The molecule has 0 bridgehead atoms.